The molecule has 0 aliphatic carbocycles. The molecule has 0 saturated heterocycles. The first-order valence-corrected chi connectivity index (χ1v) is 16.5. The predicted molar refractivity (Wildman–Crippen MR) is 176 cm³/mol. The van der Waals surface area contributed by atoms with Crippen LogP contribution < -0.4 is 10.8 Å². The summed E-state index contributed by atoms with van der Waals surface area (Å²) in [5, 5.41) is 14.4. The van der Waals surface area contributed by atoms with Crippen LogP contribution in [-0.4, -0.2) is 71.7 Å². The number of rotatable bonds is 14. The lowest BCUT2D eigenvalue weighted by Crippen LogP contribution is -2.52. The summed E-state index contributed by atoms with van der Waals surface area (Å²) in [6.07, 6.45) is -1.29. The largest absolute Gasteiger partial charge is 0.390 e. The minimum atomic E-state index is -4.21. The summed E-state index contributed by atoms with van der Waals surface area (Å²) in [5.41, 5.74) is 4.61. The quantitative estimate of drug-likeness (QED) is 0.135. The number of hydrogen-bond acceptors (Lipinski definition) is 9. The number of hydrogen-bond donors (Lipinski definition) is 3. The average molecular weight is 671 g/mol. The molecule has 0 unspecified atom stereocenters. The molecule has 4 aromatic rings. The standard InChI is InChI=1S/C35H34N4O8S/c1-24(40)47-37-27-16-18-28(19-17-27)48(45,46)38(21-26-12-6-3-7-13-26)22-32(41)31(20-25-10-4-2-5-11-25)36-33(42)23-39-34(43)29-14-8-9-15-30(29)35(39)44/h2-19,31-32,37,41H,20-23H2,1H3,(H,36,42)/t31-,32+/m0/s1. The number of aliphatic hydroxyl groups is 1. The fourth-order valence-electron chi connectivity index (χ4n) is 5.28. The number of imide groups is 1. The maximum atomic E-state index is 14.0. The van der Waals surface area contributed by atoms with Crippen LogP contribution in [0.5, 0.6) is 0 Å². The first-order chi connectivity index (χ1) is 23.0. The van der Waals surface area contributed by atoms with E-state index in [1.807, 2.05) is 6.07 Å². The van der Waals surface area contributed by atoms with E-state index in [1.165, 1.54) is 43.3 Å². The molecule has 12 nitrogen and oxygen atoms in total. The molecule has 48 heavy (non-hydrogen) atoms. The van der Waals surface area contributed by atoms with Gasteiger partial charge >= 0.3 is 5.97 Å². The summed E-state index contributed by atoms with van der Waals surface area (Å²) >= 11 is 0. The lowest BCUT2D eigenvalue weighted by molar-refractivity contribution is -0.138. The number of benzene rings is 4. The van der Waals surface area contributed by atoms with Crippen LogP contribution in [-0.2, 0) is 37.4 Å². The molecule has 0 bridgehead atoms. The number of anilines is 1. The maximum Gasteiger partial charge on any atom is 0.329 e. The van der Waals surface area contributed by atoms with Gasteiger partial charge in [-0.1, -0.05) is 72.8 Å². The highest BCUT2D eigenvalue weighted by Crippen LogP contribution is 2.24. The Hall–Kier alpha value is -5.37. The molecule has 0 saturated carbocycles. The van der Waals surface area contributed by atoms with Gasteiger partial charge in [-0.05, 0) is 53.9 Å². The fraction of sp³-hybridized carbons (Fsp3) is 0.200. The fourth-order valence-corrected chi connectivity index (χ4v) is 6.72. The second-order valence-corrected chi connectivity index (χ2v) is 13.1. The smallest absolute Gasteiger partial charge is 0.329 e. The molecule has 3 N–H and O–H groups in total. The van der Waals surface area contributed by atoms with Crippen molar-refractivity contribution in [1.29, 1.82) is 0 Å². The zero-order valence-corrected chi connectivity index (χ0v) is 26.8. The third-order valence-electron chi connectivity index (χ3n) is 7.69. The molecular formula is C35H34N4O8S. The molecular weight excluding hydrogens is 636 g/mol. The normalized spacial score (nSPS) is 13.9. The van der Waals surface area contributed by atoms with E-state index in [4.69, 9.17) is 4.84 Å². The van der Waals surface area contributed by atoms with Crippen LogP contribution >= 0.6 is 0 Å². The van der Waals surface area contributed by atoms with Gasteiger partial charge in [0, 0.05) is 20.0 Å². The van der Waals surface area contributed by atoms with Crippen LogP contribution in [0.4, 0.5) is 5.69 Å². The average Bonchev–Trinajstić information content (AvgIpc) is 3.32. The first-order valence-electron chi connectivity index (χ1n) is 15.1. The van der Waals surface area contributed by atoms with Gasteiger partial charge < -0.3 is 15.3 Å². The van der Waals surface area contributed by atoms with Crippen molar-refractivity contribution in [2.75, 3.05) is 18.6 Å². The van der Waals surface area contributed by atoms with E-state index >= 15 is 0 Å². The molecule has 1 heterocycles. The molecule has 1 aliphatic heterocycles. The van der Waals surface area contributed by atoms with Crippen molar-refractivity contribution in [3.05, 3.63) is 131 Å². The van der Waals surface area contributed by atoms with Gasteiger partial charge in [0.15, 0.2) is 0 Å². The van der Waals surface area contributed by atoms with Gasteiger partial charge in [-0.15, -0.1) is 0 Å². The predicted octanol–water partition coefficient (Wildman–Crippen LogP) is 3.15. The maximum absolute atomic E-state index is 14.0. The van der Waals surface area contributed by atoms with Crippen LogP contribution in [0.1, 0.15) is 38.8 Å². The molecule has 5 rings (SSSR count). The topological polar surface area (TPSA) is 162 Å². The monoisotopic (exact) mass is 670 g/mol. The molecule has 2 atom stereocenters. The summed E-state index contributed by atoms with van der Waals surface area (Å²) in [4.78, 5) is 55.8. The molecule has 0 spiro atoms. The zero-order valence-electron chi connectivity index (χ0n) is 26.0. The van der Waals surface area contributed by atoms with Crippen LogP contribution in [0.3, 0.4) is 0 Å². The number of carbonyl (C=O) groups excluding carboxylic acids is 4. The summed E-state index contributed by atoms with van der Waals surface area (Å²) in [5.74, 6) is -2.46. The number of nitrogens with zero attached hydrogens (tertiary/aromatic N) is 2. The van der Waals surface area contributed by atoms with Crippen LogP contribution in [0.15, 0.2) is 114 Å². The number of amides is 3. The van der Waals surface area contributed by atoms with E-state index < -0.39 is 58.9 Å². The lowest BCUT2D eigenvalue weighted by Gasteiger charge is -2.30. The van der Waals surface area contributed by atoms with Crippen molar-refractivity contribution >= 4 is 39.4 Å². The van der Waals surface area contributed by atoms with Crippen molar-refractivity contribution in [2.24, 2.45) is 0 Å². The van der Waals surface area contributed by atoms with Gasteiger partial charge in [-0.2, -0.15) is 4.31 Å². The van der Waals surface area contributed by atoms with Crippen molar-refractivity contribution in [3.63, 3.8) is 0 Å². The van der Waals surface area contributed by atoms with Crippen molar-refractivity contribution < 1.29 is 37.5 Å². The lowest BCUT2D eigenvalue weighted by atomic mass is 10.0. The summed E-state index contributed by atoms with van der Waals surface area (Å²) in [7, 11) is -4.21. The molecule has 0 aromatic heterocycles. The van der Waals surface area contributed by atoms with Crippen molar-refractivity contribution in [3.8, 4) is 0 Å². The Kier molecular flexibility index (Phi) is 10.6. The van der Waals surface area contributed by atoms with Gasteiger partial charge in [-0.3, -0.25) is 24.1 Å². The zero-order chi connectivity index (χ0) is 34.3. The highest BCUT2D eigenvalue weighted by Gasteiger charge is 2.37. The minimum Gasteiger partial charge on any atom is -0.390 e. The molecule has 0 radical (unpaired) electrons. The van der Waals surface area contributed by atoms with Gasteiger partial charge in [0.25, 0.3) is 11.8 Å². The minimum absolute atomic E-state index is 0.0757. The number of aliphatic hydroxyl groups excluding tert-OH is 1. The Morgan fingerprint density at radius 2 is 1.35 bits per heavy atom. The Balaban J connectivity index is 1.38. The van der Waals surface area contributed by atoms with Crippen molar-refractivity contribution in [2.45, 2.75) is 36.9 Å². The number of sulfonamides is 1. The molecule has 3 amide bonds. The van der Waals surface area contributed by atoms with Gasteiger partial charge in [0.05, 0.1) is 33.9 Å². The van der Waals surface area contributed by atoms with E-state index in [1.54, 1.807) is 66.7 Å². The van der Waals surface area contributed by atoms with E-state index in [0.717, 1.165) is 14.8 Å². The number of carbonyl (C=O) groups is 4. The highest BCUT2D eigenvalue weighted by atomic mass is 32.2. The third kappa shape index (κ3) is 8.12. The van der Waals surface area contributed by atoms with Crippen LogP contribution in [0, 0.1) is 0 Å². The van der Waals surface area contributed by atoms with E-state index in [0.29, 0.717) is 11.3 Å². The van der Waals surface area contributed by atoms with Crippen LogP contribution in [0.25, 0.3) is 0 Å². The molecule has 1 aliphatic rings. The number of fused-ring (bicyclic) bond motifs is 1. The Labute approximate surface area is 277 Å². The molecule has 248 valence electrons. The Bertz CT molecular complexity index is 1850. The number of nitrogens with one attached hydrogen (secondary N) is 2. The SMILES string of the molecule is CC(=O)ONc1ccc(S(=O)(=O)N(Cc2ccccc2)C[C@@H](O)[C@H](Cc2ccccc2)NC(=O)CN2C(=O)c3ccccc3C2=O)cc1. The van der Waals surface area contributed by atoms with E-state index in [2.05, 4.69) is 10.8 Å². The molecule has 4 aromatic carbocycles. The highest BCUT2D eigenvalue weighted by molar-refractivity contribution is 7.89. The second kappa shape index (κ2) is 15.0. The van der Waals surface area contributed by atoms with Crippen molar-refractivity contribution in [1.82, 2.24) is 14.5 Å². The van der Waals surface area contributed by atoms with E-state index in [9.17, 15) is 32.7 Å². The molecule has 0 fully saturated rings. The van der Waals surface area contributed by atoms with E-state index in [-0.39, 0.29) is 29.0 Å². The first kappa shape index (κ1) is 34.0. The summed E-state index contributed by atoms with van der Waals surface area (Å²) in [6.45, 7) is 0.144. The Morgan fingerprint density at radius 3 is 1.92 bits per heavy atom. The summed E-state index contributed by atoms with van der Waals surface area (Å²) < 4.78 is 29.1. The van der Waals surface area contributed by atoms with Crippen LogP contribution in [0.2, 0.25) is 0 Å². The van der Waals surface area contributed by atoms with Gasteiger partial charge in [-0.25, -0.2) is 13.9 Å². The van der Waals surface area contributed by atoms with Gasteiger partial charge in [0.1, 0.15) is 6.54 Å². The van der Waals surface area contributed by atoms with Gasteiger partial charge in [0.2, 0.25) is 15.9 Å². The third-order valence-corrected chi connectivity index (χ3v) is 9.51. The second-order valence-electron chi connectivity index (χ2n) is 11.2. The Morgan fingerprint density at radius 1 is 0.812 bits per heavy atom. The summed E-state index contributed by atoms with van der Waals surface area (Å²) in [6, 6.07) is 28.7. The molecule has 13 heteroatoms.